The second-order valence-corrected chi connectivity index (χ2v) is 12.3. The van der Waals surface area contributed by atoms with Crippen molar-refractivity contribution in [2.24, 2.45) is 0 Å². The van der Waals surface area contributed by atoms with E-state index in [-0.39, 0.29) is 29.1 Å². The SMILES string of the molecule is CCOc1ccccc1N(CC(=O)N(Cc1cccc(C)c1)[C@@H](C)C(=O)NC1CCCC1)S(=O)(=O)c1ccccc1. The van der Waals surface area contributed by atoms with Gasteiger partial charge in [0.05, 0.1) is 17.2 Å². The highest BCUT2D eigenvalue weighted by Gasteiger charge is 2.34. The number of anilines is 1. The van der Waals surface area contributed by atoms with Crippen molar-refractivity contribution in [1.29, 1.82) is 0 Å². The Balaban J connectivity index is 1.71. The molecular weight excluding hydrogens is 538 g/mol. The first kappa shape index (κ1) is 30.1. The number of rotatable bonds is 12. The highest BCUT2D eigenvalue weighted by molar-refractivity contribution is 7.92. The van der Waals surface area contributed by atoms with E-state index < -0.39 is 28.5 Å². The molecule has 8 nitrogen and oxygen atoms in total. The van der Waals surface area contributed by atoms with Crippen LogP contribution in [0.15, 0.2) is 83.8 Å². The molecule has 1 aliphatic carbocycles. The summed E-state index contributed by atoms with van der Waals surface area (Å²) in [5, 5.41) is 3.09. The average molecular weight is 578 g/mol. The fourth-order valence-electron chi connectivity index (χ4n) is 5.16. The van der Waals surface area contributed by atoms with Crippen LogP contribution in [0.1, 0.15) is 50.7 Å². The molecule has 218 valence electrons. The highest BCUT2D eigenvalue weighted by Crippen LogP contribution is 2.33. The van der Waals surface area contributed by atoms with Gasteiger partial charge in [-0.1, -0.05) is 73.0 Å². The zero-order chi connectivity index (χ0) is 29.4. The van der Waals surface area contributed by atoms with E-state index in [0.717, 1.165) is 41.1 Å². The summed E-state index contributed by atoms with van der Waals surface area (Å²) in [6, 6.07) is 21.8. The maximum atomic E-state index is 14.1. The minimum Gasteiger partial charge on any atom is -0.492 e. The number of nitrogens with zero attached hydrogens (tertiary/aromatic N) is 2. The summed E-state index contributed by atoms with van der Waals surface area (Å²) in [7, 11) is -4.16. The molecule has 0 aliphatic heterocycles. The summed E-state index contributed by atoms with van der Waals surface area (Å²) >= 11 is 0. The van der Waals surface area contributed by atoms with Crippen molar-refractivity contribution in [3.63, 3.8) is 0 Å². The summed E-state index contributed by atoms with van der Waals surface area (Å²) in [6.45, 7) is 5.45. The number of carbonyl (C=O) groups is 2. The molecule has 0 heterocycles. The van der Waals surface area contributed by atoms with Crippen molar-refractivity contribution >= 4 is 27.5 Å². The van der Waals surface area contributed by atoms with E-state index in [1.807, 2.05) is 38.1 Å². The van der Waals surface area contributed by atoms with E-state index in [2.05, 4.69) is 5.32 Å². The Bertz CT molecular complexity index is 1440. The van der Waals surface area contributed by atoms with Gasteiger partial charge in [-0.3, -0.25) is 13.9 Å². The zero-order valence-electron chi connectivity index (χ0n) is 24.0. The van der Waals surface area contributed by atoms with Crippen LogP contribution in [0.5, 0.6) is 5.75 Å². The van der Waals surface area contributed by atoms with Crippen molar-refractivity contribution < 1.29 is 22.7 Å². The molecule has 1 atom stereocenters. The maximum absolute atomic E-state index is 14.1. The summed E-state index contributed by atoms with van der Waals surface area (Å²) in [5.74, 6) is -0.393. The number of hydrogen-bond donors (Lipinski definition) is 1. The molecule has 41 heavy (non-hydrogen) atoms. The number of nitrogens with one attached hydrogen (secondary N) is 1. The van der Waals surface area contributed by atoms with Crippen LogP contribution in [0.25, 0.3) is 0 Å². The summed E-state index contributed by atoms with van der Waals surface area (Å²) in [4.78, 5) is 29.0. The summed E-state index contributed by atoms with van der Waals surface area (Å²) < 4.78 is 34.9. The molecule has 0 radical (unpaired) electrons. The lowest BCUT2D eigenvalue weighted by Crippen LogP contribution is -2.52. The predicted molar refractivity (Wildman–Crippen MR) is 160 cm³/mol. The first-order valence-corrected chi connectivity index (χ1v) is 15.6. The Morgan fingerprint density at radius 2 is 1.66 bits per heavy atom. The van der Waals surface area contributed by atoms with Crippen LogP contribution >= 0.6 is 0 Å². The number of aryl methyl sites for hydroxylation is 1. The minimum atomic E-state index is -4.16. The number of para-hydroxylation sites is 2. The number of sulfonamides is 1. The molecule has 3 aromatic carbocycles. The van der Waals surface area contributed by atoms with Crippen LogP contribution in [-0.4, -0.2) is 50.4 Å². The van der Waals surface area contributed by atoms with E-state index in [4.69, 9.17) is 4.74 Å². The Morgan fingerprint density at radius 1 is 0.976 bits per heavy atom. The van der Waals surface area contributed by atoms with Gasteiger partial charge in [0.2, 0.25) is 11.8 Å². The van der Waals surface area contributed by atoms with Crippen molar-refractivity contribution in [2.45, 2.75) is 70.0 Å². The van der Waals surface area contributed by atoms with Crippen LogP contribution in [0.3, 0.4) is 0 Å². The van der Waals surface area contributed by atoms with E-state index in [1.54, 1.807) is 49.4 Å². The third kappa shape index (κ3) is 7.47. The second-order valence-electron chi connectivity index (χ2n) is 10.4. The fourth-order valence-corrected chi connectivity index (χ4v) is 6.60. The smallest absolute Gasteiger partial charge is 0.264 e. The number of hydrogen-bond acceptors (Lipinski definition) is 5. The number of ether oxygens (including phenoxy) is 1. The molecule has 1 N–H and O–H groups in total. The topological polar surface area (TPSA) is 96.0 Å². The Labute approximate surface area is 243 Å². The fraction of sp³-hybridized carbons (Fsp3) is 0.375. The van der Waals surface area contributed by atoms with Gasteiger partial charge in [0, 0.05) is 12.6 Å². The van der Waals surface area contributed by atoms with Gasteiger partial charge >= 0.3 is 0 Å². The van der Waals surface area contributed by atoms with Gasteiger partial charge in [0.1, 0.15) is 18.3 Å². The van der Waals surface area contributed by atoms with Crippen LogP contribution in [0.4, 0.5) is 5.69 Å². The molecule has 0 unspecified atom stereocenters. The first-order chi connectivity index (χ1) is 19.7. The number of carbonyl (C=O) groups excluding carboxylic acids is 2. The normalized spacial score (nSPS) is 14.3. The molecule has 1 aliphatic rings. The van der Waals surface area contributed by atoms with E-state index in [0.29, 0.717) is 12.4 Å². The van der Waals surface area contributed by atoms with Crippen LogP contribution in [-0.2, 0) is 26.2 Å². The lowest BCUT2D eigenvalue weighted by Gasteiger charge is -2.33. The van der Waals surface area contributed by atoms with Crippen LogP contribution in [0, 0.1) is 6.92 Å². The second kappa shape index (κ2) is 13.7. The summed E-state index contributed by atoms with van der Waals surface area (Å²) in [5.41, 5.74) is 2.13. The number of benzene rings is 3. The molecule has 0 saturated heterocycles. The number of amides is 2. The third-order valence-electron chi connectivity index (χ3n) is 7.35. The van der Waals surface area contributed by atoms with Crippen molar-refractivity contribution in [2.75, 3.05) is 17.5 Å². The minimum absolute atomic E-state index is 0.0522. The van der Waals surface area contributed by atoms with E-state index >= 15 is 0 Å². The first-order valence-electron chi connectivity index (χ1n) is 14.2. The van der Waals surface area contributed by atoms with Crippen molar-refractivity contribution in [1.82, 2.24) is 10.2 Å². The molecule has 1 saturated carbocycles. The van der Waals surface area contributed by atoms with Crippen LogP contribution < -0.4 is 14.4 Å². The molecular formula is C32H39N3O5S. The average Bonchev–Trinajstić information content (AvgIpc) is 3.48. The summed E-state index contributed by atoms with van der Waals surface area (Å²) in [6.07, 6.45) is 3.97. The third-order valence-corrected chi connectivity index (χ3v) is 9.12. The Kier molecular flexibility index (Phi) is 10.0. The van der Waals surface area contributed by atoms with Gasteiger partial charge in [-0.25, -0.2) is 8.42 Å². The lowest BCUT2D eigenvalue weighted by molar-refractivity contribution is -0.139. The molecule has 0 spiro atoms. The molecule has 9 heteroatoms. The van der Waals surface area contributed by atoms with Crippen molar-refractivity contribution in [3.8, 4) is 5.75 Å². The Hall–Kier alpha value is -3.85. The monoisotopic (exact) mass is 577 g/mol. The quantitative estimate of drug-likeness (QED) is 0.325. The Morgan fingerprint density at radius 3 is 2.34 bits per heavy atom. The van der Waals surface area contributed by atoms with Gasteiger partial charge in [-0.2, -0.15) is 0 Å². The van der Waals surface area contributed by atoms with Gasteiger partial charge in [0.15, 0.2) is 0 Å². The van der Waals surface area contributed by atoms with Crippen LogP contribution in [0.2, 0.25) is 0 Å². The standard InChI is InChI=1S/C32H39N3O5S/c1-4-40-30-20-11-10-19-29(30)35(41(38,39)28-17-6-5-7-18-28)23-31(36)34(22-26-14-12-13-24(2)21-26)25(3)32(37)33-27-15-8-9-16-27/h5-7,10-14,17-21,25,27H,4,8-9,15-16,22-23H2,1-3H3,(H,33,37)/t25-/m0/s1. The molecule has 3 aromatic rings. The molecule has 0 aromatic heterocycles. The predicted octanol–water partition coefficient (Wildman–Crippen LogP) is 5.07. The molecule has 2 amide bonds. The van der Waals surface area contributed by atoms with Crippen molar-refractivity contribution in [3.05, 3.63) is 90.0 Å². The van der Waals surface area contributed by atoms with Gasteiger partial charge in [-0.15, -0.1) is 0 Å². The zero-order valence-corrected chi connectivity index (χ0v) is 24.8. The largest absolute Gasteiger partial charge is 0.492 e. The van der Waals surface area contributed by atoms with Gasteiger partial charge in [0.25, 0.3) is 10.0 Å². The molecule has 4 rings (SSSR count). The van der Waals surface area contributed by atoms with E-state index in [1.165, 1.54) is 17.0 Å². The lowest BCUT2D eigenvalue weighted by atomic mass is 10.1. The molecule has 0 bridgehead atoms. The molecule has 1 fully saturated rings. The highest BCUT2D eigenvalue weighted by atomic mass is 32.2. The maximum Gasteiger partial charge on any atom is 0.264 e. The van der Waals surface area contributed by atoms with E-state index in [9.17, 15) is 18.0 Å². The van der Waals surface area contributed by atoms with Gasteiger partial charge in [-0.05, 0) is 63.4 Å². The van der Waals surface area contributed by atoms with Gasteiger partial charge < -0.3 is 15.0 Å².